The summed E-state index contributed by atoms with van der Waals surface area (Å²) in [6, 6.07) is 0.322. The van der Waals surface area contributed by atoms with E-state index in [4.69, 9.17) is 4.74 Å². The highest BCUT2D eigenvalue weighted by molar-refractivity contribution is 5.35. The molecule has 1 aromatic rings. The molecule has 0 saturated carbocycles. The number of piperidine rings is 1. The summed E-state index contributed by atoms with van der Waals surface area (Å²) in [6.07, 6.45) is 2.50. The highest BCUT2D eigenvalue weighted by Gasteiger charge is 2.17. The topological polar surface area (TPSA) is 75.2 Å². The third-order valence-corrected chi connectivity index (χ3v) is 3.29. The fourth-order valence-corrected chi connectivity index (χ4v) is 2.31. The molecule has 7 nitrogen and oxygen atoms in total. The molecule has 1 aliphatic heterocycles. The number of aromatic nitrogens is 3. The van der Waals surface area contributed by atoms with Crippen molar-refractivity contribution in [1.82, 2.24) is 19.9 Å². The van der Waals surface area contributed by atoms with E-state index in [2.05, 4.69) is 37.5 Å². The molecule has 7 heteroatoms. The van der Waals surface area contributed by atoms with Crippen molar-refractivity contribution in [3.8, 4) is 6.01 Å². The van der Waals surface area contributed by atoms with Crippen LogP contribution in [0.1, 0.15) is 12.8 Å². The predicted molar refractivity (Wildman–Crippen MR) is 74.6 cm³/mol. The second-order valence-corrected chi connectivity index (χ2v) is 4.87. The molecular weight excluding hydrogens is 244 g/mol. The Morgan fingerprint density at radius 1 is 1.32 bits per heavy atom. The molecule has 2 rings (SSSR count). The number of methoxy groups -OCH3 is 1. The fraction of sp³-hybridized carbons (Fsp3) is 0.750. The van der Waals surface area contributed by atoms with Crippen LogP contribution in [-0.2, 0) is 0 Å². The summed E-state index contributed by atoms with van der Waals surface area (Å²) in [6.45, 7) is 3.19. The van der Waals surface area contributed by atoms with Gasteiger partial charge in [-0.05, 0) is 32.4 Å². The first kappa shape index (κ1) is 13.8. The van der Waals surface area contributed by atoms with Crippen LogP contribution in [0.4, 0.5) is 11.9 Å². The standard InChI is InChI=1S/C12H22N6O/c1-13-10-15-11(17-12(16-10)19-3)14-7-9-5-4-6-18(2)8-9/h9H,4-8H2,1-3H3,(H2,13,14,15,16,17). The molecular formula is C12H22N6O. The van der Waals surface area contributed by atoms with Gasteiger partial charge in [-0.25, -0.2) is 0 Å². The van der Waals surface area contributed by atoms with Crippen molar-refractivity contribution in [2.24, 2.45) is 5.92 Å². The zero-order valence-electron chi connectivity index (χ0n) is 11.8. The first-order chi connectivity index (χ1) is 9.21. The van der Waals surface area contributed by atoms with Crippen LogP contribution in [-0.4, -0.2) is 60.7 Å². The van der Waals surface area contributed by atoms with Crippen molar-refractivity contribution in [1.29, 1.82) is 0 Å². The highest BCUT2D eigenvalue weighted by atomic mass is 16.5. The minimum atomic E-state index is 0.322. The minimum absolute atomic E-state index is 0.322. The Kier molecular flexibility index (Phi) is 4.73. The van der Waals surface area contributed by atoms with E-state index in [1.54, 1.807) is 14.2 Å². The van der Waals surface area contributed by atoms with E-state index >= 15 is 0 Å². The molecule has 1 saturated heterocycles. The average molecular weight is 266 g/mol. The van der Waals surface area contributed by atoms with Crippen LogP contribution in [0.2, 0.25) is 0 Å². The average Bonchev–Trinajstić information content (AvgIpc) is 2.44. The van der Waals surface area contributed by atoms with Gasteiger partial charge in [0.25, 0.3) is 0 Å². The van der Waals surface area contributed by atoms with Crippen LogP contribution in [0.5, 0.6) is 6.01 Å². The lowest BCUT2D eigenvalue weighted by Gasteiger charge is -2.29. The quantitative estimate of drug-likeness (QED) is 0.811. The van der Waals surface area contributed by atoms with Crippen molar-refractivity contribution in [2.45, 2.75) is 12.8 Å². The van der Waals surface area contributed by atoms with Gasteiger partial charge in [0.1, 0.15) is 0 Å². The van der Waals surface area contributed by atoms with E-state index in [-0.39, 0.29) is 0 Å². The Morgan fingerprint density at radius 3 is 2.79 bits per heavy atom. The van der Waals surface area contributed by atoms with Crippen LogP contribution in [0.25, 0.3) is 0 Å². The number of likely N-dealkylation sites (tertiary alicyclic amines) is 1. The lowest BCUT2D eigenvalue weighted by Crippen LogP contribution is -2.35. The van der Waals surface area contributed by atoms with Crippen LogP contribution in [0, 0.1) is 5.92 Å². The number of anilines is 2. The van der Waals surface area contributed by atoms with E-state index in [1.165, 1.54) is 19.4 Å². The van der Waals surface area contributed by atoms with Crippen LogP contribution in [0.3, 0.4) is 0 Å². The molecule has 1 aromatic heterocycles. The Bertz CT molecular complexity index is 391. The molecule has 0 aromatic carbocycles. The van der Waals surface area contributed by atoms with E-state index in [0.29, 0.717) is 23.8 Å². The van der Waals surface area contributed by atoms with E-state index in [1.807, 2.05) is 0 Å². The van der Waals surface area contributed by atoms with Crippen LogP contribution in [0.15, 0.2) is 0 Å². The molecule has 1 fully saturated rings. The van der Waals surface area contributed by atoms with Crippen LogP contribution < -0.4 is 15.4 Å². The van der Waals surface area contributed by atoms with Crippen molar-refractivity contribution in [3.05, 3.63) is 0 Å². The van der Waals surface area contributed by atoms with Crippen molar-refractivity contribution >= 4 is 11.9 Å². The Hall–Kier alpha value is -1.63. The summed E-state index contributed by atoms with van der Waals surface area (Å²) in [5.74, 6) is 1.71. The number of hydrogen-bond donors (Lipinski definition) is 2. The van der Waals surface area contributed by atoms with Gasteiger partial charge >= 0.3 is 6.01 Å². The number of nitrogens with one attached hydrogen (secondary N) is 2. The minimum Gasteiger partial charge on any atom is -0.467 e. The van der Waals surface area contributed by atoms with Gasteiger partial charge in [-0.3, -0.25) is 0 Å². The normalized spacial score (nSPS) is 20.1. The summed E-state index contributed by atoms with van der Waals surface area (Å²) >= 11 is 0. The molecule has 0 amide bonds. The lowest BCUT2D eigenvalue weighted by molar-refractivity contribution is 0.217. The van der Waals surface area contributed by atoms with E-state index in [0.717, 1.165) is 13.1 Å². The highest BCUT2D eigenvalue weighted by Crippen LogP contribution is 2.16. The molecule has 0 aliphatic carbocycles. The van der Waals surface area contributed by atoms with Crippen molar-refractivity contribution in [2.75, 3.05) is 51.5 Å². The van der Waals surface area contributed by atoms with E-state index in [9.17, 15) is 0 Å². The molecule has 106 valence electrons. The largest absolute Gasteiger partial charge is 0.467 e. The number of nitrogens with zero attached hydrogens (tertiary/aromatic N) is 4. The summed E-state index contributed by atoms with van der Waals surface area (Å²) in [5, 5.41) is 6.17. The smallest absolute Gasteiger partial charge is 0.322 e. The maximum atomic E-state index is 5.06. The van der Waals surface area contributed by atoms with Gasteiger partial charge in [-0.1, -0.05) is 0 Å². The summed E-state index contributed by atoms with van der Waals surface area (Å²) < 4.78 is 5.06. The number of ether oxygens (including phenoxy) is 1. The van der Waals surface area contributed by atoms with Crippen molar-refractivity contribution in [3.63, 3.8) is 0 Å². The SMILES string of the molecule is CNc1nc(NCC2CCCN(C)C2)nc(OC)n1. The second-order valence-electron chi connectivity index (χ2n) is 4.87. The van der Waals surface area contributed by atoms with Gasteiger partial charge in [0.05, 0.1) is 7.11 Å². The maximum absolute atomic E-state index is 5.06. The molecule has 0 radical (unpaired) electrons. The third kappa shape index (κ3) is 3.92. The molecule has 2 heterocycles. The van der Waals surface area contributed by atoms with Crippen molar-refractivity contribution < 1.29 is 4.74 Å². The van der Waals surface area contributed by atoms with Crippen LogP contribution >= 0.6 is 0 Å². The molecule has 19 heavy (non-hydrogen) atoms. The number of hydrogen-bond acceptors (Lipinski definition) is 7. The van der Waals surface area contributed by atoms with Gasteiger partial charge in [-0.15, -0.1) is 0 Å². The molecule has 1 atom stereocenters. The van der Waals surface area contributed by atoms with Gasteiger partial charge in [0.2, 0.25) is 11.9 Å². The first-order valence-electron chi connectivity index (χ1n) is 6.61. The number of rotatable bonds is 5. The lowest BCUT2D eigenvalue weighted by atomic mass is 9.99. The molecule has 2 N–H and O–H groups in total. The monoisotopic (exact) mass is 266 g/mol. The Morgan fingerprint density at radius 2 is 2.11 bits per heavy atom. The van der Waals surface area contributed by atoms with E-state index < -0.39 is 0 Å². The third-order valence-electron chi connectivity index (χ3n) is 3.29. The van der Waals surface area contributed by atoms with Gasteiger partial charge < -0.3 is 20.3 Å². The molecule has 1 aliphatic rings. The molecule has 0 spiro atoms. The zero-order chi connectivity index (χ0) is 13.7. The molecule has 0 bridgehead atoms. The molecule has 1 unspecified atom stereocenters. The van der Waals surface area contributed by atoms with Gasteiger partial charge in [0, 0.05) is 20.1 Å². The first-order valence-corrected chi connectivity index (χ1v) is 6.61. The summed E-state index contributed by atoms with van der Waals surface area (Å²) in [7, 11) is 5.49. The fourth-order valence-electron chi connectivity index (χ4n) is 2.31. The summed E-state index contributed by atoms with van der Waals surface area (Å²) in [5.41, 5.74) is 0. The Balaban J connectivity index is 1.94. The van der Waals surface area contributed by atoms with Gasteiger partial charge in [0.15, 0.2) is 0 Å². The summed E-state index contributed by atoms with van der Waals surface area (Å²) in [4.78, 5) is 14.9. The second kappa shape index (κ2) is 6.51. The Labute approximate surface area is 113 Å². The zero-order valence-corrected chi connectivity index (χ0v) is 11.8. The van der Waals surface area contributed by atoms with Gasteiger partial charge in [-0.2, -0.15) is 15.0 Å². The predicted octanol–water partition coefficient (Wildman–Crippen LogP) is 0.676. The maximum Gasteiger partial charge on any atom is 0.322 e.